The van der Waals surface area contributed by atoms with Gasteiger partial charge in [0.2, 0.25) is 0 Å². The first kappa shape index (κ1) is 12.3. The van der Waals surface area contributed by atoms with Crippen molar-refractivity contribution in [3.8, 4) is 0 Å². The lowest BCUT2D eigenvalue weighted by Crippen LogP contribution is -2.45. The van der Waals surface area contributed by atoms with Crippen LogP contribution in [-0.4, -0.2) is 36.5 Å². The van der Waals surface area contributed by atoms with E-state index in [1.54, 1.807) is 0 Å². The van der Waals surface area contributed by atoms with Crippen molar-refractivity contribution in [3.05, 3.63) is 0 Å². The molecule has 2 fully saturated rings. The van der Waals surface area contributed by atoms with Crippen molar-refractivity contribution < 1.29 is 9.84 Å². The predicted octanol–water partition coefficient (Wildman–Crippen LogP) is 1.84. The van der Waals surface area contributed by atoms with Gasteiger partial charge in [0.15, 0.2) is 0 Å². The van der Waals surface area contributed by atoms with E-state index in [4.69, 9.17) is 4.74 Å². The molecule has 0 amide bonds. The molecule has 1 aliphatic carbocycles. The molecule has 0 aromatic heterocycles. The van der Waals surface area contributed by atoms with Gasteiger partial charge in [-0.05, 0) is 12.8 Å². The standard InChI is InChI=1S/C13H25NO2/c15-13(8-9-16-11-13)10-14-12-6-4-2-1-3-5-7-12/h12,14-15H,1-11H2. The maximum Gasteiger partial charge on any atom is 0.102 e. The van der Waals surface area contributed by atoms with Gasteiger partial charge in [0, 0.05) is 25.6 Å². The summed E-state index contributed by atoms with van der Waals surface area (Å²) < 4.78 is 5.25. The molecule has 0 spiro atoms. The first-order chi connectivity index (χ1) is 7.79. The molecular formula is C13H25NO2. The average Bonchev–Trinajstić information content (AvgIpc) is 2.64. The molecule has 0 radical (unpaired) electrons. The minimum atomic E-state index is -0.595. The van der Waals surface area contributed by atoms with E-state index < -0.39 is 5.60 Å². The highest BCUT2D eigenvalue weighted by Crippen LogP contribution is 2.20. The van der Waals surface area contributed by atoms with Crippen molar-refractivity contribution in [1.29, 1.82) is 0 Å². The number of rotatable bonds is 3. The second-order valence-corrected chi connectivity index (χ2v) is 5.45. The Morgan fingerprint density at radius 2 is 1.81 bits per heavy atom. The van der Waals surface area contributed by atoms with E-state index >= 15 is 0 Å². The summed E-state index contributed by atoms with van der Waals surface area (Å²) >= 11 is 0. The summed E-state index contributed by atoms with van der Waals surface area (Å²) in [4.78, 5) is 0. The zero-order chi connectivity index (χ0) is 11.3. The minimum absolute atomic E-state index is 0.507. The molecule has 3 nitrogen and oxygen atoms in total. The second-order valence-electron chi connectivity index (χ2n) is 5.45. The zero-order valence-electron chi connectivity index (χ0n) is 10.2. The quantitative estimate of drug-likeness (QED) is 0.773. The van der Waals surface area contributed by atoms with E-state index in [9.17, 15) is 5.11 Å². The highest BCUT2D eigenvalue weighted by Gasteiger charge is 2.32. The van der Waals surface area contributed by atoms with E-state index in [0.29, 0.717) is 25.8 Å². The third kappa shape index (κ3) is 3.72. The summed E-state index contributed by atoms with van der Waals surface area (Å²) in [5, 5.41) is 13.7. The molecule has 1 unspecified atom stereocenters. The van der Waals surface area contributed by atoms with Gasteiger partial charge >= 0.3 is 0 Å². The van der Waals surface area contributed by atoms with Crippen LogP contribution in [-0.2, 0) is 4.74 Å². The van der Waals surface area contributed by atoms with Crippen molar-refractivity contribution in [3.63, 3.8) is 0 Å². The summed E-state index contributed by atoms with van der Waals surface area (Å²) in [5.41, 5.74) is -0.595. The van der Waals surface area contributed by atoms with Crippen molar-refractivity contribution in [2.75, 3.05) is 19.8 Å². The number of hydrogen-bond acceptors (Lipinski definition) is 3. The molecule has 0 bridgehead atoms. The Kier molecular flexibility index (Phi) is 4.62. The fourth-order valence-corrected chi connectivity index (χ4v) is 2.73. The third-order valence-electron chi connectivity index (χ3n) is 3.91. The van der Waals surface area contributed by atoms with E-state index in [1.165, 1.54) is 44.9 Å². The van der Waals surface area contributed by atoms with Gasteiger partial charge in [0.1, 0.15) is 5.60 Å². The molecule has 16 heavy (non-hydrogen) atoms. The van der Waals surface area contributed by atoms with Crippen LogP contribution in [0.1, 0.15) is 51.4 Å². The Bertz CT molecular complexity index is 194. The normalized spacial score (nSPS) is 33.6. The summed E-state index contributed by atoms with van der Waals surface area (Å²) in [6, 6.07) is 0.616. The summed E-state index contributed by atoms with van der Waals surface area (Å²) in [5.74, 6) is 0. The Hall–Kier alpha value is -0.120. The van der Waals surface area contributed by atoms with Crippen LogP contribution in [0.5, 0.6) is 0 Å². The van der Waals surface area contributed by atoms with Crippen molar-refractivity contribution in [2.45, 2.75) is 63.0 Å². The van der Waals surface area contributed by atoms with Crippen LogP contribution < -0.4 is 5.32 Å². The maximum atomic E-state index is 10.2. The van der Waals surface area contributed by atoms with Crippen molar-refractivity contribution in [1.82, 2.24) is 5.32 Å². The number of hydrogen-bond donors (Lipinski definition) is 2. The molecule has 2 rings (SSSR count). The molecule has 94 valence electrons. The van der Waals surface area contributed by atoms with E-state index in [0.717, 1.165) is 6.42 Å². The van der Waals surface area contributed by atoms with Gasteiger partial charge in [-0.25, -0.2) is 0 Å². The van der Waals surface area contributed by atoms with Crippen LogP contribution >= 0.6 is 0 Å². The van der Waals surface area contributed by atoms with Crippen molar-refractivity contribution >= 4 is 0 Å². The molecule has 3 heteroatoms. The van der Waals surface area contributed by atoms with E-state index in [-0.39, 0.29) is 0 Å². The molecule has 1 saturated carbocycles. The lowest BCUT2D eigenvalue weighted by atomic mass is 9.95. The molecule has 1 saturated heterocycles. The Morgan fingerprint density at radius 1 is 1.12 bits per heavy atom. The Labute approximate surface area is 98.6 Å². The third-order valence-corrected chi connectivity index (χ3v) is 3.91. The van der Waals surface area contributed by atoms with E-state index in [1.807, 2.05) is 0 Å². The molecule has 1 heterocycles. The van der Waals surface area contributed by atoms with Gasteiger partial charge in [-0.15, -0.1) is 0 Å². The molecule has 0 aromatic carbocycles. The van der Waals surface area contributed by atoms with Crippen LogP contribution in [0.4, 0.5) is 0 Å². The summed E-state index contributed by atoms with van der Waals surface area (Å²) in [6.45, 7) is 1.92. The zero-order valence-corrected chi connectivity index (χ0v) is 10.2. The van der Waals surface area contributed by atoms with Gasteiger partial charge in [0.05, 0.1) is 6.61 Å². The maximum absolute atomic E-state index is 10.2. The first-order valence-electron chi connectivity index (χ1n) is 6.82. The van der Waals surface area contributed by atoms with Gasteiger partial charge in [-0.1, -0.05) is 32.1 Å². The monoisotopic (exact) mass is 227 g/mol. The van der Waals surface area contributed by atoms with Gasteiger partial charge in [0.25, 0.3) is 0 Å². The lowest BCUT2D eigenvalue weighted by molar-refractivity contribution is 0.0241. The van der Waals surface area contributed by atoms with Gasteiger partial charge < -0.3 is 15.2 Å². The highest BCUT2D eigenvalue weighted by molar-refractivity contribution is 4.86. The highest BCUT2D eigenvalue weighted by atomic mass is 16.5. The Morgan fingerprint density at radius 3 is 2.44 bits per heavy atom. The topological polar surface area (TPSA) is 41.5 Å². The fraction of sp³-hybridized carbons (Fsp3) is 1.00. The van der Waals surface area contributed by atoms with Crippen LogP contribution in [0.2, 0.25) is 0 Å². The van der Waals surface area contributed by atoms with Crippen LogP contribution in [0.15, 0.2) is 0 Å². The van der Waals surface area contributed by atoms with Crippen LogP contribution in [0.25, 0.3) is 0 Å². The fourth-order valence-electron chi connectivity index (χ4n) is 2.73. The number of aliphatic hydroxyl groups is 1. The minimum Gasteiger partial charge on any atom is -0.386 e. The lowest BCUT2D eigenvalue weighted by Gasteiger charge is -2.26. The molecule has 1 atom stereocenters. The summed E-state index contributed by atoms with van der Waals surface area (Å²) in [7, 11) is 0. The van der Waals surface area contributed by atoms with E-state index in [2.05, 4.69) is 5.32 Å². The van der Waals surface area contributed by atoms with Crippen LogP contribution in [0.3, 0.4) is 0 Å². The molecular weight excluding hydrogens is 202 g/mol. The van der Waals surface area contributed by atoms with Gasteiger partial charge in [-0.2, -0.15) is 0 Å². The number of nitrogens with one attached hydrogen (secondary N) is 1. The predicted molar refractivity (Wildman–Crippen MR) is 64.5 cm³/mol. The largest absolute Gasteiger partial charge is 0.386 e. The molecule has 2 aliphatic rings. The molecule has 1 aliphatic heterocycles. The van der Waals surface area contributed by atoms with Crippen molar-refractivity contribution in [2.24, 2.45) is 0 Å². The Balaban J connectivity index is 1.70. The smallest absolute Gasteiger partial charge is 0.102 e. The summed E-state index contributed by atoms with van der Waals surface area (Å²) in [6.07, 6.45) is 10.2. The van der Waals surface area contributed by atoms with Crippen LogP contribution in [0, 0.1) is 0 Å². The van der Waals surface area contributed by atoms with Gasteiger partial charge in [-0.3, -0.25) is 0 Å². The molecule has 0 aromatic rings. The second kappa shape index (κ2) is 5.99. The SMILES string of the molecule is OC1(CNC2CCCCCCC2)CCOC1. The average molecular weight is 227 g/mol. The molecule has 2 N–H and O–H groups in total. The number of ether oxygens (including phenoxy) is 1. The first-order valence-corrected chi connectivity index (χ1v) is 6.82.